The predicted molar refractivity (Wildman–Crippen MR) is 65.5 cm³/mol. The second-order valence-electron chi connectivity index (χ2n) is 4.88. The number of amides is 1. The molecule has 2 atom stereocenters. The number of piperidine rings is 1. The van der Waals surface area contributed by atoms with E-state index < -0.39 is 9.84 Å². The average Bonchev–Trinajstić information content (AvgIpc) is 2.66. The summed E-state index contributed by atoms with van der Waals surface area (Å²) >= 11 is 0. The highest BCUT2D eigenvalue weighted by Crippen LogP contribution is 2.19. The van der Waals surface area contributed by atoms with E-state index in [1.807, 2.05) is 0 Å². The molecule has 1 amide bonds. The lowest BCUT2D eigenvalue weighted by Crippen LogP contribution is -2.48. The van der Waals surface area contributed by atoms with Crippen LogP contribution in [0.3, 0.4) is 0 Å². The Morgan fingerprint density at radius 2 is 2.06 bits per heavy atom. The fourth-order valence-corrected chi connectivity index (χ4v) is 4.27. The summed E-state index contributed by atoms with van der Waals surface area (Å²) in [6.07, 6.45) is 4.43. The molecule has 0 saturated carbocycles. The lowest BCUT2D eigenvalue weighted by molar-refractivity contribution is -0.123. The van der Waals surface area contributed by atoms with Crippen LogP contribution >= 0.6 is 0 Å². The van der Waals surface area contributed by atoms with Crippen LogP contribution in [-0.4, -0.2) is 44.5 Å². The van der Waals surface area contributed by atoms with Crippen LogP contribution in [0.1, 0.15) is 32.1 Å². The van der Waals surface area contributed by atoms with E-state index in [0.717, 1.165) is 32.2 Å². The Kier molecular flexibility index (Phi) is 4.04. The Labute approximate surface area is 102 Å². The van der Waals surface area contributed by atoms with Crippen molar-refractivity contribution in [3.8, 4) is 0 Å². The number of sulfone groups is 1. The van der Waals surface area contributed by atoms with Crippen LogP contribution in [-0.2, 0) is 14.6 Å². The van der Waals surface area contributed by atoms with E-state index in [4.69, 9.17) is 0 Å². The van der Waals surface area contributed by atoms with E-state index in [1.54, 1.807) is 0 Å². The van der Waals surface area contributed by atoms with Crippen LogP contribution in [0, 0.1) is 0 Å². The van der Waals surface area contributed by atoms with Gasteiger partial charge in [-0.2, -0.15) is 0 Å². The van der Waals surface area contributed by atoms with Gasteiger partial charge in [0.2, 0.25) is 5.91 Å². The summed E-state index contributed by atoms with van der Waals surface area (Å²) in [6, 6.07) is -0.132. The summed E-state index contributed by atoms with van der Waals surface area (Å²) in [5, 5.41) is 5.56. The first-order valence-electron chi connectivity index (χ1n) is 6.32. The van der Waals surface area contributed by atoms with Crippen LogP contribution in [0.2, 0.25) is 0 Å². The van der Waals surface area contributed by atoms with Crippen LogP contribution in [0.5, 0.6) is 0 Å². The highest BCUT2D eigenvalue weighted by molar-refractivity contribution is 7.92. The highest BCUT2D eigenvalue weighted by Gasteiger charge is 2.32. The molecule has 0 aliphatic carbocycles. The summed E-state index contributed by atoms with van der Waals surface area (Å²) in [5.74, 6) is 0.224. The van der Waals surface area contributed by atoms with Gasteiger partial charge in [-0.15, -0.1) is 0 Å². The van der Waals surface area contributed by atoms with Crippen molar-refractivity contribution in [2.45, 2.75) is 43.4 Å². The maximum Gasteiger partial charge on any atom is 0.237 e. The minimum Gasteiger partial charge on any atom is -0.353 e. The van der Waals surface area contributed by atoms with Crippen molar-refractivity contribution in [1.29, 1.82) is 0 Å². The second kappa shape index (κ2) is 5.35. The van der Waals surface area contributed by atoms with Gasteiger partial charge in [-0.25, -0.2) is 8.42 Å². The fourth-order valence-electron chi connectivity index (χ4n) is 2.50. The molecule has 2 rings (SSSR count). The third-order valence-electron chi connectivity index (χ3n) is 3.59. The van der Waals surface area contributed by atoms with E-state index in [9.17, 15) is 13.2 Å². The van der Waals surface area contributed by atoms with Crippen molar-refractivity contribution in [3.05, 3.63) is 0 Å². The second-order valence-corrected chi connectivity index (χ2v) is 7.28. The van der Waals surface area contributed by atoms with Gasteiger partial charge in [0.15, 0.2) is 9.84 Å². The summed E-state index contributed by atoms with van der Waals surface area (Å²) in [5.41, 5.74) is 0. The molecular formula is C11H20N2O3S. The molecule has 6 heteroatoms. The number of nitrogens with one attached hydrogen (secondary N) is 2. The number of carbonyl (C=O) groups is 1. The topological polar surface area (TPSA) is 75.3 Å². The molecule has 2 aliphatic rings. The van der Waals surface area contributed by atoms with Gasteiger partial charge < -0.3 is 10.6 Å². The fraction of sp³-hybridized carbons (Fsp3) is 0.909. The van der Waals surface area contributed by atoms with Gasteiger partial charge in [-0.05, 0) is 32.2 Å². The third-order valence-corrected chi connectivity index (χ3v) is 5.87. The number of hydrogen-bond acceptors (Lipinski definition) is 4. The molecule has 0 aromatic carbocycles. The van der Waals surface area contributed by atoms with Crippen molar-refractivity contribution >= 4 is 15.7 Å². The summed E-state index contributed by atoms with van der Waals surface area (Å²) < 4.78 is 23.2. The van der Waals surface area contributed by atoms with Crippen LogP contribution in [0.4, 0.5) is 0 Å². The van der Waals surface area contributed by atoms with E-state index in [2.05, 4.69) is 10.6 Å². The molecule has 2 fully saturated rings. The number of carbonyl (C=O) groups excluding carboxylic acids is 1. The summed E-state index contributed by atoms with van der Waals surface area (Å²) in [7, 11) is -2.95. The van der Waals surface area contributed by atoms with Gasteiger partial charge in [0, 0.05) is 6.54 Å². The Morgan fingerprint density at radius 1 is 1.24 bits per heavy atom. The zero-order chi connectivity index (χ0) is 12.3. The number of hydrogen-bond donors (Lipinski definition) is 2. The quantitative estimate of drug-likeness (QED) is 0.738. The molecule has 98 valence electrons. The smallest absolute Gasteiger partial charge is 0.237 e. The molecule has 0 spiro atoms. The van der Waals surface area contributed by atoms with E-state index in [-0.39, 0.29) is 29.5 Å². The van der Waals surface area contributed by atoms with E-state index >= 15 is 0 Å². The molecular weight excluding hydrogens is 240 g/mol. The maximum absolute atomic E-state index is 11.8. The molecule has 2 N–H and O–H groups in total. The first kappa shape index (κ1) is 12.8. The highest BCUT2D eigenvalue weighted by atomic mass is 32.2. The molecule has 0 unspecified atom stereocenters. The summed E-state index contributed by atoms with van der Waals surface area (Å²) in [4.78, 5) is 11.8. The summed E-state index contributed by atoms with van der Waals surface area (Å²) in [6.45, 7) is 1.15. The van der Waals surface area contributed by atoms with E-state index in [0.29, 0.717) is 6.42 Å². The SMILES string of the molecule is O=C(NC[C@H]1CCCS1(=O)=O)[C@@H]1CCCCN1. The largest absolute Gasteiger partial charge is 0.353 e. The number of rotatable bonds is 3. The van der Waals surface area contributed by atoms with Gasteiger partial charge in [0.1, 0.15) is 0 Å². The van der Waals surface area contributed by atoms with Crippen LogP contribution in [0.15, 0.2) is 0 Å². The van der Waals surface area contributed by atoms with Crippen molar-refractivity contribution in [2.24, 2.45) is 0 Å². The minimum atomic E-state index is -2.95. The normalized spacial score (nSPS) is 32.2. The standard InChI is InChI=1S/C11H20N2O3S/c14-11(10-5-1-2-6-12-10)13-8-9-4-3-7-17(9,15)16/h9-10,12H,1-8H2,(H,13,14)/t9-,10+/m1/s1. The van der Waals surface area contributed by atoms with Crippen LogP contribution < -0.4 is 10.6 Å². The zero-order valence-electron chi connectivity index (χ0n) is 9.94. The molecule has 2 saturated heterocycles. The maximum atomic E-state index is 11.8. The molecule has 0 aromatic heterocycles. The van der Waals surface area contributed by atoms with Gasteiger partial charge in [0.25, 0.3) is 0 Å². The first-order valence-corrected chi connectivity index (χ1v) is 8.04. The Hall–Kier alpha value is -0.620. The zero-order valence-corrected chi connectivity index (χ0v) is 10.8. The van der Waals surface area contributed by atoms with Gasteiger partial charge in [-0.3, -0.25) is 4.79 Å². The molecule has 2 heterocycles. The lowest BCUT2D eigenvalue weighted by Gasteiger charge is -2.23. The van der Waals surface area contributed by atoms with Crippen molar-refractivity contribution in [3.63, 3.8) is 0 Å². The molecule has 2 aliphatic heterocycles. The molecule has 0 aromatic rings. The van der Waals surface area contributed by atoms with Crippen molar-refractivity contribution in [1.82, 2.24) is 10.6 Å². The molecule has 0 radical (unpaired) electrons. The molecule has 17 heavy (non-hydrogen) atoms. The van der Waals surface area contributed by atoms with Crippen LogP contribution in [0.25, 0.3) is 0 Å². The van der Waals surface area contributed by atoms with E-state index in [1.165, 1.54) is 0 Å². The van der Waals surface area contributed by atoms with Gasteiger partial charge in [0.05, 0.1) is 17.0 Å². The molecule has 0 bridgehead atoms. The first-order chi connectivity index (χ1) is 8.09. The third kappa shape index (κ3) is 3.19. The van der Waals surface area contributed by atoms with Gasteiger partial charge in [-0.1, -0.05) is 6.42 Å². The molecule has 5 nitrogen and oxygen atoms in total. The minimum absolute atomic E-state index is 0.0493. The lowest BCUT2D eigenvalue weighted by atomic mass is 10.0. The predicted octanol–water partition coefficient (Wildman–Crippen LogP) is -0.178. The van der Waals surface area contributed by atoms with Crippen molar-refractivity contribution < 1.29 is 13.2 Å². The monoisotopic (exact) mass is 260 g/mol. The Bertz CT molecular complexity index is 374. The Balaban J connectivity index is 1.79. The van der Waals surface area contributed by atoms with Crippen molar-refractivity contribution in [2.75, 3.05) is 18.8 Å². The average molecular weight is 260 g/mol. The Morgan fingerprint density at radius 3 is 2.65 bits per heavy atom. The van der Waals surface area contributed by atoms with Gasteiger partial charge >= 0.3 is 0 Å².